The van der Waals surface area contributed by atoms with Crippen LogP contribution in [0.4, 0.5) is 0 Å². The molecular formula is C23H29N3O6. The fourth-order valence-electron chi connectivity index (χ4n) is 4.40. The lowest BCUT2D eigenvalue weighted by Crippen LogP contribution is -2.39. The molecule has 5 rings (SSSR count). The number of rotatable bonds is 6. The third-order valence-corrected chi connectivity index (χ3v) is 6.06. The van der Waals surface area contributed by atoms with Crippen molar-refractivity contribution in [1.29, 1.82) is 0 Å². The highest BCUT2D eigenvalue weighted by Crippen LogP contribution is 2.34. The Bertz CT molecular complexity index is 1110. The molecule has 9 nitrogen and oxygen atoms in total. The van der Waals surface area contributed by atoms with Crippen molar-refractivity contribution < 1.29 is 28.2 Å². The average molecular weight is 444 g/mol. The van der Waals surface area contributed by atoms with Gasteiger partial charge in [-0.2, -0.15) is 5.10 Å². The maximum atomic E-state index is 12.9. The van der Waals surface area contributed by atoms with Crippen molar-refractivity contribution in [2.24, 2.45) is 0 Å². The molecule has 1 N–H and O–H groups in total. The largest absolute Gasteiger partial charge is 0.451 e. The summed E-state index contributed by atoms with van der Waals surface area (Å²) in [7, 11) is 0. The summed E-state index contributed by atoms with van der Waals surface area (Å²) in [6, 6.07) is 2.02. The van der Waals surface area contributed by atoms with E-state index in [0.717, 1.165) is 33.8 Å². The smallest absolute Gasteiger partial charge is 0.287 e. The van der Waals surface area contributed by atoms with Crippen LogP contribution in [0.1, 0.15) is 28.6 Å². The summed E-state index contributed by atoms with van der Waals surface area (Å²) < 4.78 is 30.2. The number of amides is 1. The molecule has 4 heterocycles. The second kappa shape index (κ2) is 9.19. The molecule has 1 amide bonds. The van der Waals surface area contributed by atoms with E-state index in [1.54, 1.807) is 0 Å². The number of aryl methyl sites for hydroxylation is 2. The molecule has 2 saturated heterocycles. The Balaban J connectivity index is 1.45. The number of carbonyl (C=O) groups is 1. The first-order valence-electron chi connectivity index (χ1n) is 11.2. The third-order valence-electron chi connectivity index (χ3n) is 6.06. The van der Waals surface area contributed by atoms with Crippen LogP contribution in [0.2, 0.25) is 0 Å². The minimum atomic E-state index is -0.258. The molecular weight excluding hydrogens is 414 g/mol. The molecule has 1 aromatic carbocycles. The van der Waals surface area contributed by atoms with Gasteiger partial charge < -0.3 is 28.7 Å². The van der Waals surface area contributed by atoms with Gasteiger partial charge in [0.05, 0.1) is 57.7 Å². The van der Waals surface area contributed by atoms with Crippen molar-refractivity contribution in [3.63, 3.8) is 0 Å². The Morgan fingerprint density at radius 2 is 1.91 bits per heavy atom. The predicted molar refractivity (Wildman–Crippen MR) is 117 cm³/mol. The molecule has 0 unspecified atom stereocenters. The number of nitrogens with one attached hydrogen (secondary N) is 1. The van der Waals surface area contributed by atoms with Crippen LogP contribution in [-0.4, -0.2) is 74.1 Å². The van der Waals surface area contributed by atoms with E-state index in [-0.39, 0.29) is 18.1 Å². The highest BCUT2D eigenvalue weighted by Gasteiger charge is 2.24. The van der Waals surface area contributed by atoms with Crippen molar-refractivity contribution in [2.75, 3.05) is 46.2 Å². The Hall–Kier alpha value is -2.46. The SMILES string of the molecule is CCc1cc2oc(C(=O)NC[C@@H]3COCCO3)c(C)c2c2nn(C[C@H]3COCCO3)cc12. The summed E-state index contributed by atoms with van der Waals surface area (Å²) >= 11 is 0. The standard InChI is InChI=1S/C23H29N3O6/c1-3-15-8-19-20(21-18(15)11-26(25-21)10-17-13-29-5-7-31-17)14(2)22(32-19)23(27)24-9-16-12-28-4-6-30-16/h8,11,16-17H,3-7,9-10,12-13H2,1-2H3,(H,24,27)/t16-,17+/m1/s1. The molecule has 2 aliphatic rings. The number of nitrogens with zero attached hydrogens (tertiary/aromatic N) is 2. The van der Waals surface area contributed by atoms with Gasteiger partial charge in [-0.05, 0) is 25.0 Å². The van der Waals surface area contributed by atoms with Crippen LogP contribution in [0.3, 0.4) is 0 Å². The highest BCUT2D eigenvalue weighted by molar-refractivity contribution is 6.10. The quantitative estimate of drug-likeness (QED) is 0.624. The lowest BCUT2D eigenvalue weighted by atomic mass is 10.0. The van der Waals surface area contributed by atoms with Crippen molar-refractivity contribution in [1.82, 2.24) is 15.1 Å². The number of furan rings is 1. The van der Waals surface area contributed by atoms with Crippen molar-refractivity contribution in [2.45, 2.75) is 39.0 Å². The lowest BCUT2D eigenvalue weighted by molar-refractivity contribution is -0.0945. The summed E-state index contributed by atoms with van der Waals surface area (Å²) in [6.07, 6.45) is 2.73. The van der Waals surface area contributed by atoms with E-state index in [4.69, 9.17) is 28.5 Å². The number of hydrogen-bond donors (Lipinski definition) is 1. The number of hydrogen-bond acceptors (Lipinski definition) is 7. The van der Waals surface area contributed by atoms with Gasteiger partial charge in [0.15, 0.2) is 5.76 Å². The molecule has 0 saturated carbocycles. The monoisotopic (exact) mass is 443 g/mol. The van der Waals surface area contributed by atoms with Gasteiger partial charge in [-0.25, -0.2) is 0 Å². The van der Waals surface area contributed by atoms with E-state index in [1.807, 2.05) is 17.7 Å². The normalized spacial score (nSPS) is 21.9. The molecule has 0 radical (unpaired) electrons. The summed E-state index contributed by atoms with van der Waals surface area (Å²) in [5.74, 6) is 0.0519. The van der Waals surface area contributed by atoms with E-state index >= 15 is 0 Å². The molecule has 2 aromatic heterocycles. The fraction of sp³-hybridized carbons (Fsp3) is 0.565. The zero-order valence-corrected chi connectivity index (χ0v) is 18.5. The van der Waals surface area contributed by atoms with E-state index in [0.29, 0.717) is 64.1 Å². The van der Waals surface area contributed by atoms with Crippen LogP contribution in [0, 0.1) is 6.92 Å². The van der Waals surface area contributed by atoms with Crippen LogP contribution >= 0.6 is 0 Å². The van der Waals surface area contributed by atoms with E-state index < -0.39 is 0 Å². The van der Waals surface area contributed by atoms with Crippen LogP contribution in [0.5, 0.6) is 0 Å². The Kier molecular flexibility index (Phi) is 6.14. The Morgan fingerprint density at radius 1 is 1.16 bits per heavy atom. The molecule has 0 spiro atoms. The number of fused-ring (bicyclic) bond motifs is 3. The minimum absolute atomic E-state index is 0.0172. The fourth-order valence-corrected chi connectivity index (χ4v) is 4.40. The van der Waals surface area contributed by atoms with Gasteiger partial charge in [-0.15, -0.1) is 0 Å². The lowest BCUT2D eigenvalue weighted by Gasteiger charge is -2.22. The number of ether oxygens (including phenoxy) is 4. The number of carbonyl (C=O) groups excluding carboxylic acids is 1. The van der Waals surface area contributed by atoms with E-state index in [9.17, 15) is 4.79 Å². The first kappa shape index (κ1) is 21.4. The molecule has 172 valence electrons. The van der Waals surface area contributed by atoms with Crippen LogP contribution in [-0.2, 0) is 31.9 Å². The van der Waals surface area contributed by atoms with Crippen molar-refractivity contribution >= 4 is 27.8 Å². The summed E-state index contributed by atoms with van der Waals surface area (Å²) in [5.41, 5.74) is 3.44. The van der Waals surface area contributed by atoms with Gasteiger partial charge >= 0.3 is 0 Å². The number of aromatic nitrogens is 2. The van der Waals surface area contributed by atoms with Gasteiger partial charge in [0.25, 0.3) is 5.91 Å². The van der Waals surface area contributed by atoms with Crippen molar-refractivity contribution in [3.8, 4) is 0 Å². The maximum absolute atomic E-state index is 12.9. The van der Waals surface area contributed by atoms with Crippen LogP contribution < -0.4 is 5.32 Å². The molecule has 9 heteroatoms. The molecule has 32 heavy (non-hydrogen) atoms. The maximum Gasteiger partial charge on any atom is 0.287 e. The molecule has 3 aromatic rings. The van der Waals surface area contributed by atoms with Crippen LogP contribution in [0.15, 0.2) is 16.7 Å². The molecule has 2 atom stereocenters. The predicted octanol–water partition coefficient (Wildman–Crippen LogP) is 2.21. The first-order chi connectivity index (χ1) is 15.6. The van der Waals surface area contributed by atoms with Crippen LogP contribution in [0.25, 0.3) is 21.9 Å². The second-order valence-corrected chi connectivity index (χ2v) is 8.28. The zero-order valence-electron chi connectivity index (χ0n) is 18.5. The van der Waals surface area contributed by atoms with Crippen molar-refractivity contribution in [3.05, 3.63) is 29.2 Å². The zero-order chi connectivity index (χ0) is 22.1. The summed E-state index contributed by atoms with van der Waals surface area (Å²) in [6.45, 7) is 8.43. The number of benzene rings is 1. The van der Waals surface area contributed by atoms with Gasteiger partial charge in [-0.1, -0.05) is 6.92 Å². The minimum Gasteiger partial charge on any atom is -0.451 e. The third kappa shape index (κ3) is 4.13. The van der Waals surface area contributed by atoms with Gasteiger partial charge in [-0.3, -0.25) is 9.48 Å². The van der Waals surface area contributed by atoms with E-state index in [2.05, 4.69) is 18.4 Å². The molecule has 2 aliphatic heterocycles. The Morgan fingerprint density at radius 3 is 2.59 bits per heavy atom. The summed E-state index contributed by atoms with van der Waals surface area (Å²) in [4.78, 5) is 12.9. The summed E-state index contributed by atoms with van der Waals surface area (Å²) in [5, 5.41) is 9.71. The van der Waals surface area contributed by atoms with Gasteiger partial charge in [0.1, 0.15) is 17.2 Å². The van der Waals surface area contributed by atoms with Gasteiger partial charge in [0, 0.05) is 23.7 Å². The van der Waals surface area contributed by atoms with E-state index in [1.165, 1.54) is 0 Å². The highest BCUT2D eigenvalue weighted by atomic mass is 16.6. The van der Waals surface area contributed by atoms with Gasteiger partial charge in [0.2, 0.25) is 0 Å². The average Bonchev–Trinajstić information content (AvgIpc) is 3.38. The molecule has 0 aliphatic carbocycles. The molecule has 0 bridgehead atoms. The Labute approximate surface area is 185 Å². The molecule has 2 fully saturated rings. The second-order valence-electron chi connectivity index (χ2n) is 8.28. The first-order valence-corrected chi connectivity index (χ1v) is 11.2. The topological polar surface area (TPSA) is 97.0 Å².